The average molecular weight is 550 g/mol. The number of carbonyl (C=O) groups excluding carboxylic acids is 1. The number of hydrogen-bond acceptors (Lipinski definition) is 6. The largest absolute Gasteiger partial charge is 0.457 e. The highest BCUT2D eigenvalue weighted by atomic mass is 35.5. The van der Waals surface area contributed by atoms with Crippen LogP contribution in [-0.4, -0.2) is 72.0 Å². The van der Waals surface area contributed by atoms with E-state index in [1.54, 1.807) is 0 Å². The van der Waals surface area contributed by atoms with Crippen molar-refractivity contribution >= 4 is 34.4 Å². The molecule has 0 unspecified atom stereocenters. The van der Waals surface area contributed by atoms with Crippen molar-refractivity contribution in [2.45, 2.75) is 48.4 Å². The third-order valence-electron chi connectivity index (χ3n) is 6.19. The van der Waals surface area contributed by atoms with Crippen LogP contribution in [0.5, 0.6) is 0 Å². The van der Waals surface area contributed by atoms with E-state index in [4.69, 9.17) is 9.94 Å². The molecule has 3 heterocycles. The minimum absolute atomic E-state index is 0. The smallest absolute Gasteiger partial charge is 0.381 e. The van der Waals surface area contributed by atoms with E-state index in [9.17, 15) is 35.2 Å². The summed E-state index contributed by atoms with van der Waals surface area (Å²) in [4.78, 5) is 16.5. The van der Waals surface area contributed by atoms with Gasteiger partial charge in [0.25, 0.3) is 5.91 Å². The summed E-state index contributed by atoms with van der Waals surface area (Å²) >= 11 is 0. The highest BCUT2D eigenvalue weighted by molar-refractivity contribution is 7.91. The molecule has 15 heteroatoms. The number of piperidine rings is 1. The second-order valence-corrected chi connectivity index (χ2v) is 10.4. The standard InChI is InChI=1S/C20H24F5N3O5S.ClH/c21-19(22,20(23,24)25)6-3-14-1-2-16(26-13-14)15-4-9-28(10-5-15)34(31,32)18(17(29)27-30)7-11-33-12-8-18;/h1-3,6,13,15,30H,4-5,7-12H2,(H,27,29);1H/b6-3+;. The van der Waals surface area contributed by atoms with Crippen LogP contribution in [0.2, 0.25) is 0 Å². The number of allylic oxidation sites excluding steroid dienone is 1. The fourth-order valence-electron chi connectivity index (χ4n) is 4.10. The van der Waals surface area contributed by atoms with Crippen molar-refractivity contribution in [3.05, 3.63) is 35.7 Å². The van der Waals surface area contributed by atoms with Gasteiger partial charge in [-0.3, -0.25) is 15.0 Å². The van der Waals surface area contributed by atoms with Crippen LogP contribution in [0.3, 0.4) is 0 Å². The van der Waals surface area contributed by atoms with Crippen LogP contribution in [0.25, 0.3) is 6.08 Å². The first-order chi connectivity index (χ1) is 15.8. The van der Waals surface area contributed by atoms with Crippen molar-refractivity contribution in [2.75, 3.05) is 26.3 Å². The third-order valence-corrected chi connectivity index (χ3v) is 8.82. The molecule has 2 aliphatic heterocycles. The molecule has 1 aromatic heterocycles. The maximum atomic E-state index is 13.3. The van der Waals surface area contributed by atoms with Crippen LogP contribution in [0, 0.1) is 0 Å². The van der Waals surface area contributed by atoms with Crippen molar-refractivity contribution in [3.63, 3.8) is 0 Å². The van der Waals surface area contributed by atoms with Crippen molar-refractivity contribution in [3.8, 4) is 0 Å². The van der Waals surface area contributed by atoms with Crippen molar-refractivity contribution < 1.29 is 45.1 Å². The number of rotatable bonds is 6. The molecule has 1 amide bonds. The van der Waals surface area contributed by atoms with E-state index in [0.717, 1.165) is 0 Å². The van der Waals surface area contributed by atoms with Crippen LogP contribution in [-0.2, 0) is 19.6 Å². The lowest BCUT2D eigenvalue weighted by molar-refractivity contribution is -0.258. The molecule has 2 fully saturated rings. The first-order valence-electron chi connectivity index (χ1n) is 10.5. The number of sulfonamides is 1. The van der Waals surface area contributed by atoms with Crippen LogP contribution in [0.4, 0.5) is 22.0 Å². The monoisotopic (exact) mass is 549 g/mol. The third kappa shape index (κ3) is 5.93. The quantitative estimate of drug-likeness (QED) is 0.320. The van der Waals surface area contributed by atoms with Gasteiger partial charge in [-0.1, -0.05) is 12.1 Å². The predicted octanol–water partition coefficient (Wildman–Crippen LogP) is 3.28. The molecule has 0 aliphatic carbocycles. The summed E-state index contributed by atoms with van der Waals surface area (Å²) in [6.07, 6.45) is -3.57. The van der Waals surface area contributed by atoms with Crippen molar-refractivity contribution in [1.82, 2.24) is 14.8 Å². The molecule has 2 aliphatic rings. The van der Waals surface area contributed by atoms with Gasteiger partial charge in [0, 0.05) is 57.0 Å². The van der Waals surface area contributed by atoms with Crippen LogP contribution in [0.1, 0.15) is 42.9 Å². The van der Waals surface area contributed by atoms with E-state index < -0.39 is 32.8 Å². The fraction of sp³-hybridized carbons (Fsp3) is 0.600. The second-order valence-electron chi connectivity index (χ2n) is 8.20. The number of aromatic nitrogens is 1. The predicted molar refractivity (Wildman–Crippen MR) is 117 cm³/mol. The lowest BCUT2D eigenvalue weighted by Crippen LogP contribution is -2.60. The van der Waals surface area contributed by atoms with E-state index in [1.807, 2.05) is 0 Å². The zero-order chi connectivity index (χ0) is 25.2. The molecular weight excluding hydrogens is 525 g/mol. The van der Waals surface area contributed by atoms with E-state index in [-0.39, 0.29) is 69.1 Å². The molecule has 0 aromatic carbocycles. The molecule has 0 bridgehead atoms. The van der Waals surface area contributed by atoms with Crippen molar-refractivity contribution in [2.24, 2.45) is 0 Å². The maximum absolute atomic E-state index is 13.3. The lowest BCUT2D eigenvalue weighted by atomic mass is 9.94. The Morgan fingerprint density at radius 1 is 1.17 bits per heavy atom. The van der Waals surface area contributed by atoms with Gasteiger partial charge >= 0.3 is 12.1 Å². The number of halogens is 6. The van der Waals surface area contributed by atoms with Gasteiger partial charge in [-0.25, -0.2) is 18.2 Å². The lowest BCUT2D eigenvalue weighted by Gasteiger charge is -2.40. The number of pyridine rings is 1. The summed E-state index contributed by atoms with van der Waals surface area (Å²) in [6.45, 7) is 0.302. The maximum Gasteiger partial charge on any atom is 0.457 e. The van der Waals surface area contributed by atoms with Gasteiger partial charge < -0.3 is 4.74 Å². The number of alkyl halides is 5. The normalized spacial score (nSPS) is 20.4. The molecule has 198 valence electrons. The molecule has 2 N–H and O–H groups in total. The molecule has 8 nitrogen and oxygen atoms in total. The number of hydrogen-bond donors (Lipinski definition) is 2. The Morgan fingerprint density at radius 2 is 1.77 bits per heavy atom. The SMILES string of the molecule is Cl.O=C(NO)C1(S(=O)(=O)N2CCC(c3ccc(/C=C/C(F)(F)C(F)(F)F)cn3)CC2)CCOCC1. The molecule has 35 heavy (non-hydrogen) atoms. The van der Waals surface area contributed by atoms with E-state index in [2.05, 4.69) is 4.98 Å². The highest BCUT2D eigenvalue weighted by Gasteiger charge is 2.56. The Kier molecular flexibility index (Phi) is 9.25. The van der Waals surface area contributed by atoms with Crippen LogP contribution in [0.15, 0.2) is 24.4 Å². The van der Waals surface area contributed by atoms with Gasteiger partial charge in [-0.15, -0.1) is 12.4 Å². The summed E-state index contributed by atoms with van der Waals surface area (Å²) < 4.78 is 94.0. The second kappa shape index (κ2) is 11.0. The van der Waals surface area contributed by atoms with Gasteiger partial charge in [0.15, 0.2) is 4.75 Å². The Balaban J connectivity index is 0.00000432. The molecule has 1 aromatic rings. The van der Waals surface area contributed by atoms with E-state index >= 15 is 0 Å². The minimum Gasteiger partial charge on any atom is -0.381 e. The molecule has 0 spiro atoms. The van der Waals surface area contributed by atoms with Gasteiger partial charge in [0.05, 0.1) is 0 Å². The Hall–Kier alpha value is -1.87. The molecule has 0 radical (unpaired) electrons. The summed E-state index contributed by atoms with van der Waals surface area (Å²) in [5.41, 5.74) is 2.07. The van der Waals surface area contributed by atoms with E-state index in [1.165, 1.54) is 28.1 Å². The van der Waals surface area contributed by atoms with Gasteiger partial charge in [-0.05, 0) is 30.5 Å². The summed E-state index contributed by atoms with van der Waals surface area (Å²) in [6, 6.07) is 2.86. The van der Waals surface area contributed by atoms with Crippen molar-refractivity contribution in [1.29, 1.82) is 0 Å². The Labute approximate surface area is 204 Å². The number of amides is 1. The Morgan fingerprint density at radius 3 is 2.26 bits per heavy atom. The molecule has 0 atom stereocenters. The number of hydroxylamine groups is 1. The summed E-state index contributed by atoms with van der Waals surface area (Å²) in [7, 11) is -4.11. The minimum atomic E-state index is -5.69. The molecule has 2 saturated heterocycles. The van der Waals surface area contributed by atoms with Gasteiger partial charge in [0.2, 0.25) is 10.0 Å². The number of nitrogens with zero attached hydrogens (tertiary/aromatic N) is 2. The highest BCUT2D eigenvalue weighted by Crippen LogP contribution is 2.38. The van der Waals surface area contributed by atoms with Gasteiger partial charge in [-0.2, -0.15) is 22.0 Å². The molecular formula is C20H25ClF5N3O5S. The number of ether oxygens (including phenoxy) is 1. The first-order valence-corrected chi connectivity index (χ1v) is 11.9. The molecule has 0 saturated carbocycles. The number of nitrogens with one attached hydrogen (secondary N) is 1. The zero-order valence-electron chi connectivity index (χ0n) is 18.3. The van der Waals surface area contributed by atoms with Gasteiger partial charge in [0.1, 0.15) is 0 Å². The Bertz CT molecular complexity index is 1010. The molecule has 3 rings (SSSR count). The summed E-state index contributed by atoms with van der Waals surface area (Å²) in [5.74, 6) is -6.13. The van der Waals surface area contributed by atoms with Crippen LogP contribution < -0.4 is 5.48 Å². The first kappa shape index (κ1) is 29.4. The average Bonchev–Trinajstić information content (AvgIpc) is 2.82. The fourth-order valence-corrected chi connectivity index (χ4v) is 6.24. The number of carbonyl (C=O) groups is 1. The van der Waals surface area contributed by atoms with E-state index in [0.29, 0.717) is 24.6 Å². The summed E-state index contributed by atoms with van der Waals surface area (Å²) in [5, 5.41) is 9.12. The topological polar surface area (TPSA) is 109 Å². The van der Waals surface area contributed by atoms with Crippen LogP contribution >= 0.6 is 12.4 Å². The zero-order valence-corrected chi connectivity index (χ0v) is 19.9.